The Kier molecular flexibility index (Phi) is 5.06. The van der Waals surface area contributed by atoms with Gasteiger partial charge < -0.3 is 10.0 Å². The fraction of sp³-hybridized carbons (Fsp3) is 0.467. The number of carbonyl (C=O) groups is 2. The smallest absolute Gasteiger partial charge is 0.335 e. The van der Waals surface area contributed by atoms with E-state index in [1.807, 2.05) is 11.2 Å². The monoisotopic (exact) mass is 293 g/mol. The van der Waals surface area contributed by atoms with E-state index in [0.29, 0.717) is 11.6 Å². The lowest BCUT2D eigenvalue weighted by molar-refractivity contribution is -0.130. The van der Waals surface area contributed by atoms with E-state index in [0.717, 1.165) is 25.1 Å². The molecule has 1 aromatic carbocycles. The number of aromatic carboxylic acids is 1. The first-order chi connectivity index (χ1) is 9.63. The summed E-state index contributed by atoms with van der Waals surface area (Å²) in [5.41, 5.74) is 0.821. The molecule has 1 aliphatic rings. The van der Waals surface area contributed by atoms with Crippen molar-refractivity contribution in [3.63, 3.8) is 0 Å². The van der Waals surface area contributed by atoms with Gasteiger partial charge in [-0.25, -0.2) is 4.79 Å². The second kappa shape index (κ2) is 6.79. The van der Waals surface area contributed by atoms with Crippen LogP contribution < -0.4 is 0 Å². The van der Waals surface area contributed by atoms with Crippen LogP contribution in [0.2, 0.25) is 0 Å². The van der Waals surface area contributed by atoms with Crippen LogP contribution >= 0.6 is 11.8 Å². The minimum atomic E-state index is -0.976. The number of likely N-dealkylation sites (tertiary alicyclic amines) is 1. The highest BCUT2D eigenvalue weighted by atomic mass is 32.2. The average molecular weight is 293 g/mol. The van der Waals surface area contributed by atoms with Crippen LogP contribution in [-0.4, -0.2) is 46.5 Å². The Bertz CT molecular complexity index is 504. The van der Waals surface area contributed by atoms with E-state index < -0.39 is 5.97 Å². The molecule has 0 aromatic heterocycles. The number of carbonyl (C=O) groups excluding carboxylic acids is 1. The van der Waals surface area contributed by atoms with E-state index >= 15 is 0 Å². The Morgan fingerprint density at radius 3 is 2.85 bits per heavy atom. The summed E-state index contributed by atoms with van der Waals surface area (Å²) >= 11 is 1.75. The molecule has 4 nitrogen and oxygen atoms in total. The molecule has 1 amide bonds. The third kappa shape index (κ3) is 3.33. The van der Waals surface area contributed by atoms with Crippen molar-refractivity contribution in [2.24, 2.45) is 0 Å². The lowest BCUT2D eigenvalue weighted by Crippen LogP contribution is -2.38. The van der Waals surface area contributed by atoms with Crippen molar-refractivity contribution < 1.29 is 14.7 Å². The van der Waals surface area contributed by atoms with Gasteiger partial charge in [-0.3, -0.25) is 4.79 Å². The van der Waals surface area contributed by atoms with Crippen LogP contribution in [0.1, 0.15) is 28.8 Å². The predicted molar refractivity (Wildman–Crippen MR) is 80.2 cm³/mol. The fourth-order valence-corrected chi connectivity index (χ4v) is 3.41. The summed E-state index contributed by atoms with van der Waals surface area (Å²) in [6.07, 6.45) is 4.30. The van der Waals surface area contributed by atoms with Gasteiger partial charge in [0.15, 0.2) is 0 Å². The second-order valence-electron chi connectivity index (χ2n) is 4.98. The number of carboxylic acids is 1. The van der Waals surface area contributed by atoms with Crippen molar-refractivity contribution in [1.82, 2.24) is 4.90 Å². The van der Waals surface area contributed by atoms with E-state index in [1.165, 1.54) is 0 Å². The lowest BCUT2D eigenvalue weighted by Gasteiger charge is -2.24. The molecule has 1 unspecified atom stereocenters. The predicted octanol–water partition coefficient (Wildman–Crippen LogP) is 2.28. The zero-order chi connectivity index (χ0) is 14.5. The van der Waals surface area contributed by atoms with Crippen LogP contribution in [0.3, 0.4) is 0 Å². The van der Waals surface area contributed by atoms with Crippen molar-refractivity contribution in [3.05, 3.63) is 35.4 Å². The summed E-state index contributed by atoms with van der Waals surface area (Å²) in [4.78, 5) is 25.5. The van der Waals surface area contributed by atoms with Crippen LogP contribution in [0.5, 0.6) is 0 Å². The molecule has 0 aliphatic carbocycles. The molecular weight excluding hydrogens is 274 g/mol. The summed E-state index contributed by atoms with van der Waals surface area (Å²) in [7, 11) is 0. The number of carboxylic acid groups (broad SMARTS) is 1. The SMILES string of the molecule is CSCC1CCCN1C(=O)Cc1ccccc1C(=O)O. The number of nitrogens with zero attached hydrogens (tertiary/aromatic N) is 1. The zero-order valence-electron chi connectivity index (χ0n) is 11.5. The maximum Gasteiger partial charge on any atom is 0.335 e. The highest BCUT2D eigenvalue weighted by Crippen LogP contribution is 2.22. The van der Waals surface area contributed by atoms with Gasteiger partial charge in [0.25, 0.3) is 0 Å². The Morgan fingerprint density at radius 1 is 1.40 bits per heavy atom. The first-order valence-electron chi connectivity index (χ1n) is 6.73. The van der Waals surface area contributed by atoms with Crippen molar-refractivity contribution in [2.75, 3.05) is 18.6 Å². The van der Waals surface area contributed by atoms with Gasteiger partial charge in [0.2, 0.25) is 5.91 Å². The van der Waals surface area contributed by atoms with E-state index in [9.17, 15) is 9.59 Å². The van der Waals surface area contributed by atoms with Gasteiger partial charge in [-0.2, -0.15) is 11.8 Å². The summed E-state index contributed by atoms with van der Waals surface area (Å²) in [6.45, 7) is 0.791. The molecule has 1 fully saturated rings. The zero-order valence-corrected chi connectivity index (χ0v) is 12.4. The van der Waals surface area contributed by atoms with Gasteiger partial charge >= 0.3 is 5.97 Å². The molecule has 20 heavy (non-hydrogen) atoms. The maximum atomic E-state index is 12.4. The van der Waals surface area contributed by atoms with E-state index in [4.69, 9.17) is 5.11 Å². The topological polar surface area (TPSA) is 57.6 Å². The normalized spacial score (nSPS) is 18.2. The maximum absolute atomic E-state index is 12.4. The molecule has 0 radical (unpaired) electrons. The van der Waals surface area contributed by atoms with Crippen molar-refractivity contribution in [2.45, 2.75) is 25.3 Å². The van der Waals surface area contributed by atoms with Crippen molar-refractivity contribution in [1.29, 1.82) is 0 Å². The van der Waals surface area contributed by atoms with E-state index in [1.54, 1.807) is 36.0 Å². The van der Waals surface area contributed by atoms with Crippen LogP contribution in [0.4, 0.5) is 0 Å². The molecule has 1 aromatic rings. The molecule has 108 valence electrons. The van der Waals surface area contributed by atoms with Gasteiger partial charge in [0, 0.05) is 18.3 Å². The Labute approximate surface area is 123 Å². The Morgan fingerprint density at radius 2 is 2.15 bits per heavy atom. The number of benzene rings is 1. The molecule has 0 saturated carbocycles. The molecule has 1 atom stereocenters. The minimum Gasteiger partial charge on any atom is -0.478 e. The van der Waals surface area contributed by atoms with Gasteiger partial charge in [0.05, 0.1) is 12.0 Å². The third-order valence-electron chi connectivity index (χ3n) is 3.65. The fourth-order valence-electron chi connectivity index (χ4n) is 2.68. The molecule has 1 aliphatic heterocycles. The lowest BCUT2D eigenvalue weighted by atomic mass is 10.0. The average Bonchev–Trinajstić information content (AvgIpc) is 2.88. The van der Waals surface area contributed by atoms with Gasteiger partial charge in [-0.1, -0.05) is 18.2 Å². The van der Waals surface area contributed by atoms with Crippen molar-refractivity contribution in [3.8, 4) is 0 Å². The van der Waals surface area contributed by atoms with Crippen molar-refractivity contribution >= 4 is 23.6 Å². The number of hydrogen-bond acceptors (Lipinski definition) is 3. The number of rotatable bonds is 5. The summed E-state index contributed by atoms with van der Waals surface area (Å²) < 4.78 is 0. The number of hydrogen-bond donors (Lipinski definition) is 1. The second-order valence-corrected chi connectivity index (χ2v) is 5.89. The standard InChI is InChI=1S/C15H19NO3S/c1-20-10-12-6-4-8-16(12)14(17)9-11-5-2-3-7-13(11)15(18)19/h2-3,5,7,12H,4,6,8-10H2,1H3,(H,18,19). The summed E-state index contributed by atoms with van der Waals surface area (Å²) in [5, 5.41) is 9.15. The van der Waals surface area contributed by atoms with Crippen LogP contribution in [0, 0.1) is 0 Å². The molecule has 1 heterocycles. The van der Waals surface area contributed by atoms with E-state index in [-0.39, 0.29) is 17.9 Å². The van der Waals surface area contributed by atoms with Gasteiger partial charge in [0.1, 0.15) is 0 Å². The molecule has 5 heteroatoms. The van der Waals surface area contributed by atoms with Crippen LogP contribution in [0.25, 0.3) is 0 Å². The summed E-state index contributed by atoms with van der Waals surface area (Å²) in [6, 6.07) is 7.03. The first-order valence-corrected chi connectivity index (χ1v) is 8.12. The first kappa shape index (κ1) is 14.9. The quantitative estimate of drug-likeness (QED) is 0.905. The number of amides is 1. The molecular formula is C15H19NO3S. The van der Waals surface area contributed by atoms with Crippen LogP contribution in [-0.2, 0) is 11.2 Å². The molecule has 0 bridgehead atoms. The highest BCUT2D eigenvalue weighted by molar-refractivity contribution is 7.98. The Balaban J connectivity index is 2.10. The third-order valence-corrected chi connectivity index (χ3v) is 4.36. The molecule has 2 rings (SSSR count). The largest absolute Gasteiger partial charge is 0.478 e. The van der Waals surface area contributed by atoms with Gasteiger partial charge in [-0.05, 0) is 30.7 Å². The van der Waals surface area contributed by atoms with Gasteiger partial charge in [-0.15, -0.1) is 0 Å². The van der Waals surface area contributed by atoms with Crippen LogP contribution in [0.15, 0.2) is 24.3 Å². The minimum absolute atomic E-state index is 0.0373. The molecule has 0 spiro atoms. The highest BCUT2D eigenvalue weighted by Gasteiger charge is 2.28. The number of thioether (sulfide) groups is 1. The van der Waals surface area contributed by atoms with E-state index in [2.05, 4.69) is 0 Å². The molecule has 1 saturated heterocycles. The Hall–Kier alpha value is -1.49. The summed E-state index contributed by atoms with van der Waals surface area (Å²) in [5.74, 6) is 0.0116. The molecule has 1 N–H and O–H groups in total.